The SMILES string of the molecule is CCCCc1cccc(-c2cc(-c3cccc(-c4ccc5c(c4)-c4cccc[n+]4C(CC)C5(CC)C4c5ccccc5-c5c(ccc6ccccc56)C4C)c3)cc(-c3cccc4ccccc34)c2)c1. The van der Waals surface area contributed by atoms with Crippen LogP contribution in [-0.4, -0.2) is 0 Å². The van der Waals surface area contributed by atoms with Crippen molar-refractivity contribution >= 4 is 21.5 Å². The molecule has 0 spiro atoms. The van der Waals surface area contributed by atoms with Gasteiger partial charge in [-0.05, 0) is 161 Å². The molecule has 4 atom stereocenters. The smallest absolute Gasteiger partial charge is 0.195 e. The summed E-state index contributed by atoms with van der Waals surface area (Å²) < 4.78 is 2.65. The first-order chi connectivity index (χ1) is 34.0. The molecule has 1 aliphatic carbocycles. The summed E-state index contributed by atoms with van der Waals surface area (Å²) in [6.45, 7) is 9.67. The van der Waals surface area contributed by atoms with E-state index in [1.807, 2.05) is 0 Å². The molecule has 0 saturated carbocycles. The molecule has 1 aliphatic heterocycles. The van der Waals surface area contributed by atoms with E-state index in [0.29, 0.717) is 5.92 Å². The van der Waals surface area contributed by atoms with E-state index in [4.69, 9.17) is 0 Å². The number of hydrogen-bond donors (Lipinski definition) is 0. The molecule has 336 valence electrons. The van der Waals surface area contributed by atoms with Crippen molar-refractivity contribution in [3.05, 3.63) is 235 Å². The lowest BCUT2D eigenvalue weighted by atomic mass is 9.52. The molecular weight excluding hydrogens is 831 g/mol. The average Bonchev–Trinajstić information content (AvgIpc) is 3.41. The normalized spacial score (nSPS) is 18.1. The van der Waals surface area contributed by atoms with Crippen LogP contribution in [0.25, 0.3) is 88.4 Å². The van der Waals surface area contributed by atoms with Gasteiger partial charge in [0.05, 0.1) is 11.0 Å². The third-order valence-corrected chi connectivity index (χ3v) is 16.3. The largest absolute Gasteiger partial charge is 0.213 e. The first-order valence-electron chi connectivity index (χ1n) is 25.6. The van der Waals surface area contributed by atoms with Crippen LogP contribution in [0.5, 0.6) is 0 Å². The molecule has 0 amide bonds. The first kappa shape index (κ1) is 43.0. The Balaban J connectivity index is 1.01. The van der Waals surface area contributed by atoms with Crippen molar-refractivity contribution < 1.29 is 4.57 Å². The van der Waals surface area contributed by atoms with E-state index < -0.39 is 0 Å². The second kappa shape index (κ2) is 17.6. The number of hydrogen-bond acceptors (Lipinski definition) is 0. The summed E-state index contributed by atoms with van der Waals surface area (Å²) >= 11 is 0. The topological polar surface area (TPSA) is 3.88 Å². The van der Waals surface area contributed by atoms with E-state index in [1.54, 1.807) is 0 Å². The predicted molar refractivity (Wildman–Crippen MR) is 292 cm³/mol. The molecule has 1 nitrogen and oxygen atoms in total. The van der Waals surface area contributed by atoms with Crippen LogP contribution in [-0.2, 0) is 11.8 Å². The van der Waals surface area contributed by atoms with Crippen LogP contribution in [0.15, 0.2) is 212 Å². The van der Waals surface area contributed by atoms with E-state index in [-0.39, 0.29) is 17.4 Å². The van der Waals surface area contributed by atoms with Gasteiger partial charge in [-0.15, -0.1) is 0 Å². The number of aromatic nitrogens is 1. The zero-order valence-corrected chi connectivity index (χ0v) is 40.4. The van der Waals surface area contributed by atoms with Crippen molar-refractivity contribution in [2.45, 2.75) is 83.1 Å². The molecule has 9 aromatic carbocycles. The van der Waals surface area contributed by atoms with Gasteiger partial charge in [-0.2, -0.15) is 4.57 Å². The Hall–Kier alpha value is -7.35. The van der Waals surface area contributed by atoms with Crippen LogP contribution in [0.3, 0.4) is 0 Å². The monoisotopic (exact) mass is 890 g/mol. The summed E-state index contributed by atoms with van der Waals surface area (Å²) in [4.78, 5) is 0. The fourth-order valence-corrected chi connectivity index (χ4v) is 13.2. The highest BCUT2D eigenvalue weighted by Crippen LogP contribution is 2.62. The van der Waals surface area contributed by atoms with Crippen LogP contribution in [0.2, 0.25) is 0 Å². The number of benzene rings is 9. The van der Waals surface area contributed by atoms with Crippen LogP contribution >= 0.6 is 0 Å². The third kappa shape index (κ3) is 7.08. The van der Waals surface area contributed by atoms with Gasteiger partial charge in [-0.1, -0.05) is 192 Å². The number of aryl methyl sites for hydroxylation is 1. The third-order valence-electron chi connectivity index (χ3n) is 16.3. The van der Waals surface area contributed by atoms with Crippen molar-refractivity contribution in [1.82, 2.24) is 0 Å². The van der Waals surface area contributed by atoms with Gasteiger partial charge in [-0.25, -0.2) is 0 Å². The molecule has 2 heterocycles. The molecule has 12 rings (SSSR count). The molecule has 4 unspecified atom stereocenters. The van der Waals surface area contributed by atoms with E-state index >= 15 is 0 Å². The molecule has 0 bridgehead atoms. The lowest BCUT2D eigenvalue weighted by molar-refractivity contribution is -0.726. The summed E-state index contributed by atoms with van der Waals surface area (Å²) in [7, 11) is 0. The van der Waals surface area contributed by atoms with Crippen molar-refractivity contribution in [2.75, 3.05) is 0 Å². The van der Waals surface area contributed by atoms with Gasteiger partial charge in [0.25, 0.3) is 0 Å². The maximum absolute atomic E-state index is 2.65. The van der Waals surface area contributed by atoms with E-state index in [9.17, 15) is 0 Å². The standard InChI is InChI=1S/C68H60N/c1-5-8-20-46-21-17-25-49(39-46)53-41-54(43-55(42-53)58-32-19-24-47-22-9-11-28-57(47)58)51-27-18-26-50(40-51)52-35-37-63-62(44-52)64-33-15-16-38-69(64)65(6-2)68(63,7-3)67-45(4)56-36-34-48-23-10-12-29-59(48)66(56)60-30-13-14-31-61(60)67/h9-19,21-45,65,67H,5-8,20H2,1-4H3/q+1. The zero-order chi connectivity index (χ0) is 46.6. The Morgan fingerprint density at radius 1 is 0.464 bits per heavy atom. The van der Waals surface area contributed by atoms with Crippen molar-refractivity contribution in [1.29, 1.82) is 0 Å². The lowest BCUT2D eigenvalue weighted by Crippen LogP contribution is -2.58. The molecular formula is C68H60N+. The highest BCUT2D eigenvalue weighted by Gasteiger charge is 2.58. The minimum Gasteiger partial charge on any atom is -0.195 e. The fraction of sp³-hybridized carbons (Fsp3) is 0.191. The van der Waals surface area contributed by atoms with Gasteiger partial charge in [-0.3, -0.25) is 0 Å². The fourth-order valence-electron chi connectivity index (χ4n) is 13.2. The predicted octanol–water partition coefficient (Wildman–Crippen LogP) is 18.1. The van der Waals surface area contributed by atoms with Gasteiger partial charge in [0.15, 0.2) is 12.2 Å². The van der Waals surface area contributed by atoms with E-state index in [1.165, 1.54) is 124 Å². The van der Waals surface area contributed by atoms with Gasteiger partial charge in [0.2, 0.25) is 5.69 Å². The van der Waals surface area contributed by atoms with Crippen molar-refractivity contribution in [3.8, 4) is 66.9 Å². The van der Waals surface area contributed by atoms with Gasteiger partial charge < -0.3 is 0 Å². The lowest BCUT2D eigenvalue weighted by Gasteiger charge is -2.51. The number of unbranched alkanes of at least 4 members (excludes halogenated alkanes) is 1. The Kier molecular flexibility index (Phi) is 11.0. The van der Waals surface area contributed by atoms with Crippen LogP contribution in [0.4, 0.5) is 0 Å². The molecule has 0 saturated heterocycles. The molecule has 0 radical (unpaired) electrons. The number of fused-ring (bicyclic) bond motifs is 9. The second-order valence-electron chi connectivity index (χ2n) is 19.9. The van der Waals surface area contributed by atoms with Crippen LogP contribution in [0.1, 0.15) is 93.5 Å². The minimum atomic E-state index is -0.172. The Morgan fingerprint density at radius 3 is 1.88 bits per heavy atom. The van der Waals surface area contributed by atoms with Gasteiger partial charge in [0.1, 0.15) is 0 Å². The highest BCUT2D eigenvalue weighted by atomic mass is 15.0. The van der Waals surface area contributed by atoms with Crippen LogP contribution < -0.4 is 4.57 Å². The Labute approximate surface area is 408 Å². The molecule has 10 aromatic rings. The van der Waals surface area contributed by atoms with Crippen molar-refractivity contribution in [2.24, 2.45) is 0 Å². The summed E-state index contributed by atoms with van der Waals surface area (Å²) in [5.41, 5.74) is 21.1. The molecule has 1 aromatic heterocycles. The second-order valence-corrected chi connectivity index (χ2v) is 19.9. The maximum atomic E-state index is 2.65. The summed E-state index contributed by atoms with van der Waals surface area (Å²) in [5.74, 6) is 0.568. The number of rotatable bonds is 10. The number of nitrogens with zero attached hydrogens (tertiary/aromatic N) is 1. The molecule has 0 fully saturated rings. The Bertz CT molecular complexity index is 3570. The zero-order valence-electron chi connectivity index (χ0n) is 40.4. The molecule has 1 heteroatoms. The van der Waals surface area contributed by atoms with Gasteiger partial charge >= 0.3 is 0 Å². The maximum Gasteiger partial charge on any atom is 0.213 e. The summed E-state index contributed by atoms with van der Waals surface area (Å²) in [6.07, 6.45) is 7.92. The summed E-state index contributed by atoms with van der Waals surface area (Å²) in [6, 6.07) is 79.0. The van der Waals surface area contributed by atoms with Gasteiger partial charge in [0, 0.05) is 24.5 Å². The Morgan fingerprint density at radius 2 is 1.09 bits per heavy atom. The number of pyridine rings is 1. The first-order valence-corrected chi connectivity index (χ1v) is 25.6. The summed E-state index contributed by atoms with van der Waals surface area (Å²) in [5, 5.41) is 5.20. The van der Waals surface area contributed by atoms with Crippen LogP contribution in [0, 0.1) is 0 Å². The van der Waals surface area contributed by atoms with E-state index in [2.05, 4.69) is 245 Å². The highest BCUT2D eigenvalue weighted by molar-refractivity contribution is 6.01. The average molecular weight is 891 g/mol. The molecule has 69 heavy (non-hydrogen) atoms. The molecule has 2 aliphatic rings. The minimum absolute atomic E-state index is 0.172. The molecule has 0 N–H and O–H groups in total. The van der Waals surface area contributed by atoms with E-state index in [0.717, 1.165) is 19.3 Å². The van der Waals surface area contributed by atoms with Crippen molar-refractivity contribution in [3.63, 3.8) is 0 Å². The quantitative estimate of drug-likeness (QED) is 0.120.